The van der Waals surface area contributed by atoms with Crippen LogP contribution in [0.2, 0.25) is 0 Å². The highest BCUT2D eigenvalue weighted by Gasteiger charge is 2.33. The lowest BCUT2D eigenvalue weighted by Crippen LogP contribution is -3.00. The summed E-state index contributed by atoms with van der Waals surface area (Å²) in [6.07, 6.45) is -0.364. The highest BCUT2D eigenvalue weighted by molar-refractivity contribution is 5.90. The number of ether oxygens (including phenoxy) is 3. The number of methoxy groups -OCH3 is 2. The van der Waals surface area contributed by atoms with Gasteiger partial charge in [0.2, 0.25) is 0 Å². The Morgan fingerprint density at radius 1 is 0.926 bits per heavy atom. The molecule has 0 fully saturated rings. The van der Waals surface area contributed by atoms with Crippen molar-refractivity contribution in [3.8, 4) is 11.5 Å². The SMILES string of the molecule is COc1ccc(C(=O)OC(c2ccccc2)C(C)[N+](C)(C)C)cc1OC.[I-]. The monoisotopic (exact) mass is 485 g/mol. The van der Waals surface area contributed by atoms with Crippen molar-refractivity contribution in [2.45, 2.75) is 19.1 Å². The number of benzene rings is 2. The van der Waals surface area contributed by atoms with Crippen LogP contribution in [0.15, 0.2) is 48.5 Å². The molecule has 27 heavy (non-hydrogen) atoms. The van der Waals surface area contributed by atoms with E-state index in [1.165, 1.54) is 0 Å². The van der Waals surface area contributed by atoms with Crippen molar-refractivity contribution in [2.75, 3.05) is 35.4 Å². The standard InChI is InChI=1S/C21H28NO4.HI/c1-15(22(2,3)4)20(16-10-8-7-9-11-16)26-21(23)17-12-13-18(24-5)19(14-17)25-6;/h7-15,20H,1-6H3;1H/q+1;/p-1. The van der Waals surface area contributed by atoms with E-state index in [1.807, 2.05) is 30.3 Å². The topological polar surface area (TPSA) is 44.8 Å². The number of nitrogens with zero attached hydrogens (tertiary/aromatic N) is 1. The summed E-state index contributed by atoms with van der Waals surface area (Å²) in [5, 5.41) is 0. The molecule has 0 amide bonds. The van der Waals surface area contributed by atoms with E-state index in [4.69, 9.17) is 14.2 Å². The minimum absolute atomic E-state index is 0. The molecular formula is C21H28INO4. The number of rotatable bonds is 7. The number of quaternary nitrogens is 1. The quantitative estimate of drug-likeness (QED) is 0.329. The Balaban J connectivity index is 0.00000364. The van der Waals surface area contributed by atoms with Crippen molar-refractivity contribution in [2.24, 2.45) is 0 Å². The molecule has 2 unspecified atom stereocenters. The van der Waals surface area contributed by atoms with Crippen molar-refractivity contribution in [3.05, 3.63) is 59.7 Å². The van der Waals surface area contributed by atoms with Crippen molar-refractivity contribution in [1.29, 1.82) is 0 Å². The van der Waals surface area contributed by atoms with Crippen LogP contribution in [0.3, 0.4) is 0 Å². The highest BCUT2D eigenvalue weighted by atomic mass is 127. The van der Waals surface area contributed by atoms with E-state index in [-0.39, 0.29) is 42.1 Å². The molecule has 2 atom stereocenters. The van der Waals surface area contributed by atoms with Crippen molar-refractivity contribution in [3.63, 3.8) is 0 Å². The number of hydrogen-bond acceptors (Lipinski definition) is 4. The Morgan fingerprint density at radius 3 is 2.04 bits per heavy atom. The molecule has 148 valence electrons. The van der Waals surface area contributed by atoms with E-state index < -0.39 is 0 Å². The highest BCUT2D eigenvalue weighted by Crippen LogP contribution is 2.31. The van der Waals surface area contributed by atoms with Gasteiger partial charge in [0.05, 0.1) is 40.9 Å². The van der Waals surface area contributed by atoms with Crippen LogP contribution in [0.5, 0.6) is 11.5 Å². The Morgan fingerprint density at radius 2 is 1.52 bits per heavy atom. The zero-order valence-electron chi connectivity index (χ0n) is 16.7. The molecule has 0 spiro atoms. The largest absolute Gasteiger partial charge is 1.00 e. The maximum atomic E-state index is 12.8. The van der Waals surface area contributed by atoms with Gasteiger partial charge in [-0.05, 0) is 30.7 Å². The number of likely N-dealkylation sites (N-methyl/N-ethyl adjacent to an activating group) is 1. The lowest BCUT2D eigenvalue weighted by Gasteiger charge is -2.36. The summed E-state index contributed by atoms with van der Waals surface area (Å²) in [6, 6.07) is 14.9. The third-order valence-corrected chi connectivity index (χ3v) is 4.64. The van der Waals surface area contributed by atoms with E-state index >= 15 is 0 Å². The van der Waals surface area contributed by atoms with Crippen LogP contribution in [-0.4, -0.2) is 51.9 Å². The Kier molecular flexibility index (Phi) is 8.56. The predicted octanol–water partition coefficient (Wildman–Crippen LogP) is 0.701. The average Bonchev–Trinajstić information content (AvgIpc) is 2.64. The van der Waals surface area contributed by atoms with Gasteiger partial charge in [-0.15, -0.1) is 0 Å². The summed E-state index contributed by atoms with van der Waals surface area (Å²) in [7, 11) is 9.36. The first-order valence-electron chi connectivity index (χ1n) is 8.57. The molecule has 0 aliphatic heterocycles. The Bertz CT molecular complexity index is 744. The molecule has 0 N–H and O–H groups in total. The minimum Gasteiger partial charge on any atom is -1.00 e. The second kappa shape index (κ2) is 9.94. The summed E-state index contributed by atoms with van der Waals surface area (Å²) in [5.41, 5.74) is 1.40. The van der Waals surface area contributed by atoms with Crippen LogP contribution in [0.25, 0.3) is 0 Å². The molecule has 0 heterocycles. The van der Waals surface area contributed by atoms with E-state index in [1.54, 1.807) is 32.4 Å². The number of carbonyl (C=O) groups is 1. The fourth-order valence-corrected chi connectivity index (χ4v) is 2.64. The van der Waals surface area contributed by atoms with Gasteiger partial charge < -0.3 is 42.7 Å². The van der Waals surface area contributed by atoms with Crippen LogP contribution in [0, 0.1) is 0 Å². The fraction of sp³-hybridized carbons (Fsp3) is 0.381. The molecule has 6 heteroatoms. The maximum Gasteiger partial charge on any atom is 0.339 e. The molecule has 2 aromatic rings. The fourth-order valence-electron chi connectivity index (χ4n) is 2.64. The van der Waals surface area contributed by atoms with Crippen LogP contribution in [0.4, 0.5) is 0 Å². The molecule has 0 bridgehead atoms. The third kappa shape index (κ3) is 5.84. The average molecular weight is 485 g/mol. The lowest BCUT2D eigenvalue weighted by atomic mass is 10.0. The zero-order chi connectivity index (χ0) is 19.3. The van der Waals surface area contributed by atoms with Gasteiger partial charge in [0.25, 0.3) is 0 Å². The number of hydrogen-bond donors (Lipinski definition) is 0. The van der Waals surface area contributed by atoms with Gasteiger partial charge in [0.1, 0.15) is 6.04 Å². The van der Waals surface area contributed by atoms with Crippen molar-refractivity contribution in [1.82, 2.24) is 0 Å². The van der Waals surface area contributed by atoms with E-state index in [2.05, 4.69) is 28.1 Å². The smallest absolute Gasteiger partial charge is 0.339 e. The van der Waals surface area contributed by atoms with E-state index in [0.29, 0.717) is 21.5 Å². The molecule has 0 saturated heterocycles. The predicted molar refractivity (Wildman–Crippen MR) is 102 cm³/mol. The molecule has 2 aromatic carbocycles. The van der Waals surface area contributed by atoms with E-state index in [0.717, 1.165) is 5.56 Å². The zero-order valence-corrected chi connectivity index (χ0v) is 18.9. The Hall–Kier alpha value is -1.80. The van der Waals surface area contributed by atoms with Crippen LogP contribution < -0.4 is 33.5 Å². The van der Waals surface area contributed by atoms with Gasteiger partial charge in [-0.3, -0.25) is 0 Å². The minimum atomic E-state index is -0.389. The summed E-state index contributed by atoms with van der Waals surface area (Å²) < 4.78 is 17.1. The van der Waals surface area contributed by atoms with Crippen LogP contribution >= 0.6 is 0 Å². The van der Waals surface area contributed by atoms with Gasteiger partial charge in [0, 0.05) is 0 Å². The van der Waals surface area contributed by atoms with E-state index in [9.17, 15) is 4.79 Å². The molecular weight excluding hydrogens is 457 g/mol. The van der Waals surface area contributed by atoms with Crippen molar-refractivity contribution < 1.29 is 47.5 Å². The van der Waals surface area contributed by atoms with Gasteiger partial charge in [0.15, 0.2) is 17.6 Å². The molecule has 0 radical (unpaired) electrons. The molecule has 0 aromatic heterocycles. The molecule has 2 rings (SSSR count). The Labute approximate surface area is 178 Å². The maximum absolute atomic E-state index is 12.8. The molecule has 0 saturated carbocycles. The number of halogens is 1. The summed E-state index contributed by atoms with van der Waals surface area (Å²) in [4.78, 5) is 12.8. The lowest BCUT2D eigenvalue weighted by molar-refractivity contribution is -0.898. The first-order chi connectivity index (χ1) is 12.3. The molecule has 5 nitrogen and oxygen atoms in total. The summed E-state index contributed by atoms with van der Waals surface area (Å²) in [6.45, 7) is 2.08. The first-order valence-corrected chi connectivity index (χ1v) is 8.57. The second-order valence-corrected chi connectivity index (χ2v) is 7.16. The van der Waals surface area contributed by atoms with Gasteiger partial charge >= 0.3 is 5.97 Å². The van der Waals surface area contributed by atoms with Gasteiger partial charge in [-0.1, -0.05) is 30.3 Å². The van der Waals surface area contributed by atoms with Crippen LogP contribution in [0.1, 0.15) is 28.9 Å². The normalized spacial score (nSPS) is 13.1. The number of carbonyl (C=O) groups excluding carboxylic acids is 1. The van der Waals surface area contributed by atoms with Gasteiger partial charge in [-0.25, -0.2) is 4.79 Å². The summed E-state index contributed by atoms with van der Waals surface area (Å²) in [5.74, 6) is 0.682. The van der Waals surface area contributed by atoms with Crippen molar-refractivity contribution >= 4 is 5.97 Å². The number of esters is 1. The first kappa shape index (κ1) is 23.2. The van der Waals surface area contributed by atoms with Gasteiger partial charge in [-0.2, -0.15) is 0 Å². The third-order valence-electron chi connectivity index (χ3n) is 4.64. The van der Waals surface area contributed by atoms with Crippen LogP contribution in [-0.2, 0) is 4.74 Å². The molecule has 0 aliphatic carbocycles. The summed E-state index contributed by atoms with van der Waals surface area (Å²) >= 11 is 0. The second-order valence-electron chi connectivity index (χ2n) is 7.16. The molecule has 0 aliphatic rings.